The molecule has 0 fully saturated rings. The molecule has 1 aromatic heterocycles. The molecule has 28 heavy (non-hydrogen) atoms. The van der Waals surface area contributed by atoms with E-state index in [0.717, 1.165) is 38.9 Å². The van der Waals surface area contributed by atoms with Crippen molar-refractivity contribution in [2.75, 3.05) is 26.7 Å². The third-order valence-corrected chi connectivity index (χ3v) is 5.68. The summed E-state index contributed by atoms with van der Waals surface area (Å²) >= 11 is 7.11. The van der Waals surface area contributed by atoms with Crippen molar-refractivity contribution in [3.05, 3.63) is 68.8 Å². The highest BCUT2D eigenvalue weighted by Gasteiger charge is 2.26. The first-order valence-electron chi connectivity index (χ1n) is 8.63. The number of nitrogens with two attached hydrogens (primary N) is 2. The SMILES string of the molecule is C=C(N)/N=C(\C1=C(N)CN(CCn2cccn2)C1)c1cc(OC)c(Br)cc1Br. The highest BCUT2D eigenvalue weighted by molar-refractivity contribution is 9.11. The molecule has 2 aromatic rings. The van der Waals surface area contributed by atoms with E-state index >= 15 is 0 Å². The number of hydrogen-bond acceptors (Lipinski definition) is 6. The molecule has 3 rings (SSSR count). The zero-order valence-electron chi connectivity index (χ0n) is 15.5. The minimum absolute atomic E-state index is 0.221. The minimum atomic E-state index is 0.221. The van der Waals surface area contributed by atoms with Crippen LogP contribution in [0.15, 0.2) is 68.2 Å². The molecule has 1 aromatic carbocycles. The molecule has 0 radical (unpaired) electrons. The minimum Gasteiger partial charge on any atom is -0.496 e. The van der Waals surface area contributed by atoms with Gasteiger partial charge in [0.25, 0.3) is 0 Å². The Morgan fingerprint density at radius 1 is 1.29 bits per heavy atom. The second-order valence-electron chi connectivity index (χ2n) is 6.40. The predicted octanol–water partition coefficient (Wildman–Crippen LogP) is 2.86. The second-order valence-corrected chi connectivity index (χ2v) is 8.11. The third kappa shape index (κ3) is 4.65. The van der Waals surface area contributed by atoms with Crippen LogP contribution in [0.2, 0.25) is 0 Å². The number of aromatic nitrogens is 2. The summed E-state index contributed by atoms with van der Waals surface area (Å²) in [5.74, 6) is 0.917. The fourth-order valence-electron chi connectivity index (χ4n) is 3.08. The van der Waals surface area contributed by atoms with Crippen LogP contribution in [0.4, 0.5) is 0 Å². The van der Waals surface area contributed by atoms with Crippen molar-refractivity contribution in [2.45, 2.75) is 6.54 Å². The highest BCUT2D eigenvalue weighted by Crippen LogP contribution is 2.34. The molecule has 1 aliphatic heterocycles. The van der Waals surface area contributed by atoms with Crippen LogP contribution >= 0.6 is 31.9 Å². The van der Waals surface area contributed by atoms with E-state index < -0.39 is 0 Å². The number of ether oxygens (including phenoxy) is 1. The molecule has 7 nitrogen and oxygen atoms in total. The smallest absolute Gasteiger partial charge is 0.133 e. The first-order chi connectivity index (χ1) is 13.4. The molecular formula is C19H22Br2N6O. The van der Waals surface area contributed by atoms with E-state index in [1.807, 2.05) is 29.1 Å². The van der Waals surface area contributed by atoms with Crippen LogP contribution in [0.1, 0.15) is 5.56 Å². The van der Waals surface area contributed by atoms with E-state index in [2.05, 4.69) is 53.4 Å². The van der Waals surface area contributed by atoms with Gasteiger partial charge in [0.05, 0.1) is 23.8 Å². The molecule has 9 heteroatoms. The Morgan fingerprint density at radius 2 is 2.07 bits per heavy atom. The molecule has 0 aliphatic carbocycles. The van der Waals surface area contributed by atoms with Gasteiger partial charge in [-0.05, 0) is 34.1 Å². The Bertz CT molecular complexity index is 936. The molecule has 1 aliphatic rings. The molecular weight excluding hydrogens is 488 g/mol. The number of halogens is 2. The fourth-order valence-corrected chi connectivity index (χ4v) is 4.42. The maximum Gasteiger partial charge on any atom is 0.133 e. The average molecular weight is 510 g/mol. The van der Waals surface area contributed by atoms with Gasteiger partial charge in [-0.2, -0.15) is 5.10 Å². The number of methoxy groups -OCH3 is 1. The van der Waals surface area contributed by atoms with Crippen LogP contribution in [0.25, 0.3) is 0 Å². The maximum absolute atomic E-state index is 6.39. The molecule has 148 valence electrons. The Labute approximate surface area is 181 Å². The van der Waals surface area contributed by atoms with Crippen LogP contribution in [-0.4, -0.2) is 47.1 Å². The topological polar surface area (TPSA) is 94.7 Å². The lowest BCUT2D eigenvalue weighted by atomic mass is 10.0. The van der Waals surface area contributed by atoms with Crippen LogP contribution in [0.5, 0.6) is 5.75 Å². The number of benzene rings is 1. The van der Waals surface area contributed by atoms with E-state index in [0.29, 0.717) is 24.6 Å². The van der Waals surface area contributed by atoms with Gasteiger partial charge < -0.3 is 16.2 Å². The lowest BCUT2D eigenvalue weighted by Gasteiger charge is -2.17. The van der Waals surface area contributed by atoms with E-state index in [4.69, 9.17) is 16.2 Å². The van der Waals surface area contributed by atoms with Crippen molar-refractivity contribution in [3.63, 3.8) is 0 Å². The molecule has 0 saturated carbocycles. The van der Waals surface area contributed by atoms with Gasteiger partial charge in [0.2, 0.25) is 0 Å². The van der Waals surface area contributed by atoms with Crippen molar-refractivity contribution in [1.29, 1.82) is 0 Å². The standard InChI is InChI=1S/C19H22Br2N6O/c1-12(22)25-19(13-8-18(28-2)16(21)9-15(13)20)14-10-26(11-17(14)23)6-7-27-5-3-4-24-27/h3-5,8-9H,1,6-7,10-11,22-23H2,2H3/b25-19-. The molecule has 0 amide bonds. The lowest BCUT2D eigenvalue weighted by molar-refractivity contribution is 0.321. The third-order valence-electron chi connectivity index (χ3n) is 4.41. The van der Waals surface area contributed by atoms with Gasteiger partial charge in [-0.25, -0.2) is 4.99 Å². The maximum atomic E-state index is 6.39. The van der Waals surface area contributed by atoms with Crippen molar-refractivity contribution in [2.24, 2.45) is 16.5 Å². The van der Waals surface area contributed by atoms with Gasteiger partial charge in [-0.15, -0.1) is 0 Å². The van der Waals surface area contributed by atoms with Gasteiger partial charge in [0, 0.05) is 53.3 Å². The Balaban J connectivity index is 1.88. The Morgan fingerprint density at radius 3 is 2.71 bits per heavy atom. The normalized spacial score (nSPS) is 15.3. The number of aliphatic imine (C=N–C) groups is 1. The quantitative estimate of drug-likeness (QED) is 0.559. The average Bonchev–Trinajstić information content (AvgIpc) is 3.28. The summed E-state index contributed by atoms with van der Waals surface area (Å²) in [7, 11) is 1.62. The Kier molecular flexibility index (Phi) is 6.58. The summed E-state index contributed by atoms with van der Waals surface area (Å²) in [5, 5.41) is 4.24. The monoisotopic (exact) mass is 508 g/mol. The molecule has 0 bridgehead atoms. The molecule has 4 N–H and O–H groups in total. The summed E-state index contributed by atoms with van der Waals surface area (Å²) in [6, 6.07) is 5.74. The zero-order chi connectivity index (χ0) is 20.3. The number of hydrogen-bond donors (Lipinski definition) is 2. The van der Waals surface area contributed by atoms with Gasteiger partial charge in [-0.3, -0.25) is 9.58 Å². The zero-order valence-corrected chi connectivity index (χ0v) is 18.7. The summed E-state index contributed by atoms with van der Waals surface area (Å²) in [5.41, 5.74) is 15.5. The summed E-state index contributed by atoms with van der Waals surface area (Å²) in [6.07, 6.45) is 3.72. The van der Waals surface area contributed by atoms with Crippen LogP contribution in [0, 0.1) is 0 Å². The van der Waals surface area contributed by atoms with E-state index in [1.165, 1.54) is 0 Å². The summed E-state index contributed by atoms with van der Waals surface area (Å²) in [6.45, 7) is 6.69. The molecule has 0 spiro atoms. The first-order valence-corrected chi connectivity index (χ1v) is 10.2. The van der Waals surface area contributed by atoms with Crippen molar-refractivity contribution in [1.82, 2.24) is 14.7 Å². The molecule has 0 unspecified atom stereocenters. The van der Waals surface area contributed by atoms with E-state index in [9.17, 15) is 0 Å². The molecule has 0 saturated heterocycles. The second kappa shape index (κ2) is 8.93. The highest BCUT2D eigenvalue weighted by atomic mass is 79.9. The van der Waals surface area contributed by atoms with E-state index in [-0.39, 0.29) is 5.82 Å². The summed E-state index contributed by atoms with van der Waals surface area (Å²) < 4.78 is 9.04. The summed E-state index contributed by atoms with van der Waals surface area (Å²) in [4.78, 5) is 6.76. The van der Waals surface area contributed by atoms with Crippen molar-refractivity contribution in [3.8, 4) is 5.75 Å². The fraction of sp³-hybridized carbons (Fsp3) is 0.263. The Hall–Kier alpha value is -2.10. The van der Waals surface area contributed by atoms with Crippen LogP contribution < -0.4 is 16.2 Å². The van der Waals surface area contributed by atoms with E-state index in [1.54, 1.807) is 13.3 Å². The predicted molar refractivity (Wildman–Crippen MR) is 118 cm³/mol. The number of nitrogens with zero attached hydrogens (tertiary/aromatic N) is 4. The van der Waals surface area contributed by atoms with Gasteiger partial charge in [-0.1, -0.05) is 22.5 Å². The lowest BCUT2D eigenvalue weighted by Crippen LogP contribution is -2.27. The molecule has 2 heterocycles. The van der Waals surface area contributed by atoms with Crippen molar-refractivity contribution >= 4 is 37.6 Å². The van der Waals surface area contributed by atoms with Crippen molar-refractivity contribution < 1.29 is 4.74 Å². The van der Waals surface area contributed by atoms with Crippen LogP contribution in [-0.2, 0) is 6.54 Å². The molecule has 0 atom stereocenters. The van der Waals surface area contributed by atoms with Gasteiger partial charge in [0.1, 0.15) is 11.6 Å². The largest absolute Gasteiger partial charge is 0.496 e. The van der Waals surface area contributed by atoms with Gasteiger partial charge >= 0.3 is 0 Å². The van der Waals surface area contributed by atoms with Crippen LogP contribution in [0.3, 0.4) is 0 Å². The van der Waals surface area contributed by atoms with Gasteiger partial charge in [0.15, 0.2) is 0 Å². The number of rotatable bonds is 7. The first kappa shape index (κ1) is 20.6.